The van der Waals surface area contributed by atoms with Gasteiger partial charge in [-0.3, -0.25) is 4.90 Å². The van der Waals surface area contributed by atoms with Crippen LogP contribution < -0.4 is 0 Å². The Morgan fingerprint density at radius 3 is 2.22 bits per heavy atom. The molecule has 1 unspecified atom stereocenters. The van der Waals surface area contributed by atoms with Gasteiger partial charge in [-0.1, -0.05) is 19.8 Å². The average molecular weight is 259 g/mol. The SMILES string of the molecule is CCCCC(C(=O)OC)N(C)C(=O)OC(C)(C)C. The highest BCUT2D eigenvalue weighted by Gasteiger charge is 2.30. The van der Waals surface area contributed by atoms with Crippen molar-refractivity contribution >= 4 is 12.1 Å². The Balaban J connectivity index is 4.68. The second-order valence-electron chi connectivity index (χ2n) is 5.27. The highest BCUT2D eigenvalue weighted by Crippen LogP contribution is 2.14. The van der Waals surface area contributed by atoms with E-state index in [1.807, 2.05) is 6.92 Å². The normalized spacial score (nSPS) is 12.8. The van der Waals surface area contributed by atoms with E-state index < -0.39 is 23.7 Å². The number of amides is 1. The van der Waals surface area contributed by atoms with Gasteiger partial charge >= 0.3 is 12.1 Å². The lowest BCUT2D eigenvalue weighted by molar-refractivity contribution is -0.146. The molecule has 0 saturated heterocycles. The molecule has 1 amide bonds. The fraction of sp³-hybridized carbons (Fsp3) is 0.846. The maximum absolute atomic E-state index is 11.9. The highest BCUT2D eigenvalue weighted by atomic mass is 16.6. The minimum Gasteiger partial charge on any atom is -0.467 e. The fourth-order valence-corrected chi connectivity index (χ4v) is 1.46. The van der Waals surface area contributed by atoms with E-state index >= 15 is 0 Å². The number of unbranched alkanes of at least 4 members (excludes halogenated alkanes) is 1. The van der Waals surface area contributed by atoms with Crippen LogP contribution in [-0.2, 0) is 14.3 Å². The number of ether oxygens (including phenoxy) is 2. The second-order valence-corrected chi connectivity index (χ2v) is 5.27. The zero-order chi connectivity index (χ0) is 14.3. The van der Waals surface area contributed by atoms with Gasteiger partial charge in [-0.2, -0.15) is 0 Å². The van der Waals surface area contributed by atoms with Crippen molar-refractivity contribution < 1.29 is 19.1 Å². The summed E-state index contributed by atoms with van der Waals surface area (Å²) in [5.74, 6) is -0.406. The molecule has 0 N–H and O–H groups in total. The first-order valence-electron chi connectivity index (χ1n) is 6.26. The number of rotatable bonds is 5. The van der Waals surface area contributed by atoms with Crippen LogP contribution in [-0.4, -0.2) is 42.8 Å². The summed E-state index contributed by atoms with van der Waals surface area (Å²) >= 11 is 0. The van der Waals surface area contributed by atoms with Crippen LogP contribution in [0.4, 0.5) is 4.79 Å². The zero-order valence-corrected chi connectivity index (χ0v) is 12.3. The van der Waals surface area contributed by atoms with E-state index in [4.69, 9.17) is 9.47 Å². The summed E-state index contributed by atoms with van der Waals surface area (Å²) in [4.78, 5) is 24.8. The molecule has 0 spiro atoms. The van der Waals surface area contributed by atoms with Crippen LogP contribution in [0.25, 0.3) is 0 Å². The summed E-state index contributed by atoms with van der Waals surface area (Å²) in [6.45, 7) is 7.40. The quantitative estimate of drug-likeness (QED) is 0.712. The average Bonchev–Trinajstić information content (AvgIpc) is 2.26. The molecule has 0 aromatic heterocycles. The summed E-state index contributed by atoms with van der Waals surface area (Å²) in [5.41, 5.74) is -0.573. The van der Waals surface area contributed by atoms with Gasteiger partial charge in [0.15, 0.2) is 0 Å². The molecule has 0 bridgehead atoms. The molecule has 18 heavy (non-hydrogen) atoms. The third-order valence-electron chi connectivity index (χ3n) is 2.45. The van der Waals surface area contributed by atoms with E-state index in [1.165, 1.54) is 12.0 Å². The first-order chi connectivity index (χ1) is 8.22. The Hall–Kier alpha value is -1.26. The summed E-state index contributed by atoms with van der Waals surface area (Å²) in [5, 5.41) is 0. The van der Waals surface area contributed by atoms with Crippen molar-refractivity contribution in [3.8, 4) is 0 Å². The Bertz CT molecular complexity index is 283. The van der Waals surface area contributed by atoms with Gasteiger partial charge in [0.1, 0.15) is 11.6 Å². The Labute approximate surface area is 109 Å². The lowest BCUT2D eigenvalue weighted by Gasteiger charge is -2.29. The maximum Gasteiger partial charge on any atom is 0.410 e. The number of hydrogen-bond acceptors (Lipinski definition) is 4. The highest BCUT2D eigenvalue weighted by molar-refractivity contribution is 5.81. The first kappa shape index (κ1) is 16.7. The van der Waals surface area contributed by atoms with Crippen LogP contribution in [0.5, 0.6) is 0 Å². The summed E-state index contributed by atoms with van der Waals surface area (Å²) < 4.78 is 9.96. The zero-order valence-electron chi connectivity index (χ0n) is 12.3. The standard InChI is InChI=1S/C13H25NO4/c1-7-8-9-10(11(15)17-6)14(5)12(16)18-13(2,3)4/h10H,7-9H2,1-6H3. The molecule has 0 fully saturated rings. The number of carbonyl (C=O) groups is 2. The number of carbonyl (C=O) groups excluding carboxylic acids is 2. The third kappa shape index (κ3) is 5.89. The van der Waals surface area contributed by atoms with Crippen molar-refractivity contribution in [2.45, 2.75) is 58.6 Å². The van der Waals surface area contributed by atoms with E-state index in [1.54, 1.807) is 27.8 Å². The number of nitrogens with zero attached hydrogens (tertiary/aromatic N) is 1. The molecule has 0 aromatic carbocycles. The fourth-order valence-electron chi connectivity index (χ4n) is 1.46. The Morgan fingerprint density at radius 1 is 1.28 bits per heavy atom. The molecule has 0 saturated carbocycles. The third-order valence-corrected chi connectivity index (χ3v) is 2.45. The van der Waals surface area contributed by atoms with Crippen molar-refractivity contribution in [2.24, 2.45) is 0 Å². The first-order valence-corrected chi connectivity index (χ1v) is 6.26. The van der Waals surface area contributed by atoms with Gasteiger partial charge in [0.05, 0.1) is 7.11 Å². The predicted octanol–water partition coefficient (Wildman–Crippen LogP) is 2.59. The second kappa shape index (κ2) is 7.24. The molecule has 5 heteroatoms. The molecule has 0 heterocycles. The number of esters is 1. The van der Waals surface area contributed by atoms with Gasteiger partial charge in [-0.15, -0.1) is 0 Å². The van der Waals surface area contributed by atoms with E-state index in [0.29, 0.717) is 6.42 Å². The topological polar surface area (TPSA) is 55.8 Å². The molecule has 0 aliphatic rings. The van der Waals surface area contributed by atoms with Gasteiger partial charge in [-0.05, 0) is 27.2 Å². The van der Waals surface area contributed by atoms with E-state index in [0.717, 1.165) is 12.8 Å². The molecule has 0 aromatic rings. The monoisotopic (exact) mass is 259 g/mol. The van der Waals surface area contributed by atoms with E-state index in [9.17, 15) is 9.59 Å². The number of likely N-dealkylation sites (N-methyl/N-ethyl adjacent to an activating group) is 1. The van der Waals surface area contributed by atoms with Crippen LogP contribution >= 0.6 is 0 Å². The van der Waals surface area contributed by atoms with Crippen LogP contribution in [0.15, 0.2) is 0 Å². The van der Waals surface area contributed by atoms with Crippen LogP contribution in [0.3, 0.4) is 0 Å². The molecule has 0 aliphatic heterocycles. The van der Waals surface area contributed by atoms with Crippen LogP contribution in [0.1, 0.15) is 47.0 Å². The van der Waals surface area contributed by atoms with Gasteiger partial charge in [0.2, 0.25) is 0 Å². The molecular formula is C13H25NO4. The smallest absolute Gasteiger partial charge is 0.410 e. The van der Waals surface area contributed by atoms with Crippen molar-refractivity contribution in [2.75, 3.05) is 14.2 Å². The van der Waals surface area contributed by atoms with Crippen molar-refractivity contribution in [3.63, 3.8) is 0 Å². The van der Waals surface area contributed by atoms with Gasteiger partial charge in [-0.25, -0.2) is 9.59 Å². The molecule has 5 nitrogen and oxygen atoms in total. The lowest BCUT2D eigenvalue weighted by atomic mass is 10.1. The summed E-state index contributed by atoms with van der Waals surface area (Å²) in [7, 11) is 2.88. The summed E-state index contributed by atoms with van der Waals surface area (Å²) in [6, 6.07) is -0.579. The number of hydrogen-bond donors (Lipinski definition) is 0. The van der Waals surface area contributed by atoms with Crippen molar-refractivity contribution in [3.05, 3.63) is 0 Å². The van der Waals surface area contributed by atoms with E-state index in [-0.39, 0.29) is 0 Å². The largest absolute Gasteiger partial charge is 0.467 e. The van der Waals surface area contributed by atoms with Crippen molar-refractivity contribution in [1.29, 1.82) is 0 Å². The van der Waals surface area contributed by atoms with Gasteiger partial charge < -0.3 is 9.47 Å². The predicted molar refractivity (Wildman–Crippen MR) is 69.3 cm³/mol. The van der Waals surface area contributed by atoms with E-state index in [2.05, 4.69) is 0 Å². The van der Waals surface area contributed by atoms with Gasteiger partial charge in [0.25, 0.3) is 0 Å². The Kier molecular flexibility index (Phi) is 6.73. The number of methoxy groups -OCH3 is 1. The summed E-state index contributed by atoms with van der Waals surface area (Å²) in [6.07, 6.45) is 1.88. The molecule has 0 radical (unpaired) electrons. The maximum atomic E-state index is 11.9. The molecular weight excluding hydrogens is 234 g/mol. The van der Waals surface area contributed by atoms with Gasteiger partial charge in [0, 0.05) is 7.05 Å². The lowest BCUT2D eigenvalue weighted by Crippen LogP contribution is -2.45. The minimum atomic E-state index is -0.579. The van der Waals surface area contributed by atoms with Crippen LogP contribution in [0, 0.1) is 0 Å². The Morgan fingerprint density at radius 2 is 1.83 bits per heavy atom. The minimum absolute atomic E-state index is 0.406. The molecule has 1 atom stereocenters. The van der Waals surface area contributed by atoms with Crippen LogP contribution in [0.2, 0.25) is 0 Å². The molecule has 0 aliphatic carbocycles. The molecule has 106 valence electrons. The molecule has 0 rings (SSSR count). The van der Waals surface area contributed by atoms with Crippen molar-refractivity contribution in [1.82, 2.24) is 4.90 Å².